The average Bonchev–Trinajstić information content (AvgIpc) is 2.79. The summed E-state index contributed by atoms with van der Waals surface area (Å²) >= 11 is 5.65. The van der Waals surface area contributed by atoms with Crippen LogP contribution in [0.1, 0.15) is 16.8 Å². The Balaban J connectivity index is 2.02. The van der Waals surface area contributed by atoms with Gasteiger partial charge in [0, 0.05) is 30.4 Å². The van der Waals surface area contributed by atoms with E-state index in [0.717, 1.165) is 17.3 Å². The van der Waals surface area contributed by atoms with Crippen LogP contribution in [0.4, 0.5) is 8.78 Å². The molecule has 2 aromatic rings. The number of halogens is 3. The van der Waals surface area contributed by atoms with Gasteiger partial charge in [-0.3, -0.25) is 4.68 Å². The molecule has 2 rings (SSSR count). The molecule has 0 aliphatic heterocycles. The van der Waals surface area contributed by atoms with Crippen molar-refractivity contribution in [3.05, 3.63) is 64.5 Å². The van der Waals surface area contributed by atoms with Crippen LogP contribution >= 0.6 is 11.6 Å². The lowest BCUT2D eigenvalue weighted by Crippen LogP contribution is -2.15. The summed E-state index contributed by atoms with van der Waals surface area (Å²) in [5, 5.41) is 7.24. The molecule has 0 spiro atoms. The van der Waals surface area contributed by atoms with E-state index in [4.69, 9.17) is 11.6 Å². The van der Waals surface area contributed by atoms with Gasteiger partial charge in [-0.1, -0.05) is 17.7 Å². The number of aromatic nitrogens is 2. The van der Waals surface area contributed by atoms with Gasteiger partial charge < -0.3 is 5.32 Å². The number of benzene rings is 1. The van der Waals surface area contributed by atoms with Crippen molar-refractivity contribution >= 4 is 11.6 Å². The Morgan fingerprint density at radius 2 is 2.14 bits per heavy atom. The highest BCUT2D eigenvalue weighted by molar-refractivity contribution is 6.30. The number of nitrogens with zero attached hydrogens (tertiary/aromatic N) is 2. The monoisotopic (exact) mass is 311 g/mol. The Labute approximate surface area is 127 Å². The maximum absolute atomic E-state index is 13.7. The Morgan fingerprint density at radius 3 is 2.86 bits per heavy atom. The number of hydrogen-bond acceptors (Lipinski definition) is 2. The number of hydrogen-bond donors (Lipinski definition) is 1. The molecule has 0 aliphatic rings. The van der Waals surface area contributed by atoms with Crippen LogP contribution in [0.25, 0.3) is 0 Å². The van der Waals surface area contributed by atoms with Gasteiger partial charge in [0.2, 0.25) is 0 Å². The van der Waals surface area contributed by atoms with Crippen LogP contribution in [0.15, 0.2) is 31.0 Å². The minimum atomic E-state index is -0.719. The number of aryl methyl sites for hydroxylation is 1. The smallest absolute Gasteiger partial charge is 0.149 e. The Bertz CT molecular complexity index is 653. The number of nitrogens with one attached hydrogen (secondary N) is 1. The van der Waals surface area contributed by atoms with E-state index in [0.29, 0.717) is 13.1 Å². The van der Waals surface area contributed by atoms with Gasteiger partial charge >= 0.3 is 0 Å². The predicted octanol–water partition coefficient (Wildman–Crippen LogP) is 3.60. The maximum atomic E-state index is 13.7. The quantitative estimate of drug-likeness (QED) is 0.652. The molecule has 0 bridgehead atoms. The second-order valence-corrected chi connectivity index (χ2v) is 5.08. The van der Waals surface area contributed by atoms with Crippen molar-refractivity contribution in [1.29, 1.82) is 0 Å². The van der Waals surface area contributed by atoms with Gasteiger partial charge in [0.1, 0.15) is 11.6 Å². The Hall–Kier alpha value is -1.72. The molecule has 1 N–H and O–H groups in total. The topological polar surface area (TPSA) is 29.9 Å². The normalized spacial score (nSPS) is 10.9. The number of rotatable bonds is 6. The van der Waals surface area contributed by atoms with Crippen molar-refractivity contribution in [2.75, 3.05) is 0 Å². The maximum Gasteiger partial charge on any atom is 0.149 e. The lowest BCUT2D eigenvalue weighted by molar-refractivity contribution is 0.535. The molecular weight excluding hydrogens is 296 g/mol. The Morgan fingerprint density at radius 1 is 1.38 bits per heavy atom. The van der Waals surface area contributed by atoms with Crippen molar-refractivity contribution in [2.24, 2.45) is 0 Å². The van der Waals surface area contributed by atoms with Gasteiger partial charge in [0.25, 0.3) is 0 Å². The molecule has 0 saturated carbocycles. The predicted molar refractivity (Wildman–Crippen MR) is 79.1 cm³/mol. The highest BCUT2D eigenvalue weighted by Crippen LogP contribution is 2.21. The molecule has 1 aromatic heterocycles. The van der Waals surface area contributed by atoms with Gasteiger partial charge in [-0.25, -0.2) is 8.78 Å². The number of allylic oxidation sites excluding steroid dienone is 1. The summed E-state index contributed by atoms with van der Waals surface area (Å²) in [6.45, 7) is 6.69. The molecule has 1 aromatic carbocycles. The molecule has 1 heterocycles. The van der Waals surface area contributed by atoms with Crippen LogP contribution in [0, 0.1) is 18.6 Å². The van der Waals surface area contributed by atoms with Crippen LogP contribution in [-0.4, -0.2) is 9.78 Å². The average molecular weight is 312 g/mol. The zero-order valence-electron chi connectivity index (χ0n) is 11.7. The van der Waals surface area contributed by atoms with Crippen LogP contribution in [-0.2, 0) is 19.6 Å². The van der Waals surface area contributed by atoms with Gasteiger partial charge in [0.15, 0.2) is 0 Å². The molecule has 0 fully saturated rings. The highest BCUT2D eigenvalue weighted by atomic mass is 35.5. The van der Waals surface area contributed by atoms with E-state index in [2.05, 4.69) is 17.0 Å². The third-order valence-corrected chi connectivity index (χ3v) is 3.41. The third kappa shape index (κ3) is 3.68. The standard InChI is InChI=1S/C15H16ClF2N3/c1-3-6-21-9-11(10(2)20-21)7-19-8-12-14(17)5-4-13(16)15(12)18/h3-5,9,19H,1,6-8H2,2H3. The zero-order chi connectivity index (χ0) is 15.4. The van der Waals surface area contributed by atoms with E-state index >= 15 is 0 Å². The van der Waals surface area contributed by atoms with Gasteiger partial charge in [-0.15, -0.1) is 6.58 Å². The second-order valence-electron chi connectivity index (χ2n) is 4.68. The van der Waals surface area contributed by atoms with E-state index in [9.17, 15) is 8.78 Å². The summed E-state index contributed by atoms with van der Waals surface area (Å²) in [4.78, 5) is 0. The van der Waals surface area contributed by atoms with Crippen molar-refractivity contribution < 1.29 is 8.78 Å². The molecule has 0 amide bonds. The first-order chi connectivity index (χ1) is 10.0. The van der Waals surface area contributed by atoms with Crippen LogP contribution < -0.4 is 5.32 Å². The molecule has 0 aliphatic carbocycles. The van der Waals surface area contributed by atoms with Crippen molar-refractivity contribution in [2.45, 2.75) is 26.6 Å². The van der Waals surface area contributed by atoms with Crippen molar-refractivity contribution in [1.82, 2.24) is 15.1 Å². The first kappa shape index (κ1) is 15.7. The first-order valence-electron chi connectivity index (χ1n) is 6.50. The van der Waals surface area contributed by atoms with E-state index in [1.54, 1.807) is 10.8 Å². The summed E-state index contributed by atoms with van der Waals surface area (Å²) in [6, 6.07) is 2.37. The van der Waals surface area contributed by atoms with Crippen LogP contribution in [0.3, 0.4) is 0 Å². The zero-order valence-corrected chi connectivity index (χ0v) is 12.4. The molecule has 0 atom stereocenters. The van der Waals surface area contributed by atoms with E-state index < -0.39 is 11.6 Å². The lowest BCUT2D eigenvalue weighted by Gasteiger charge is -2.07. The first-order valence-corrected chi connectivity index (χ1v) is 6.87. The molecule has 112 valence electrons. The van der Waals surface area contributed by atoms with E-state index in [1.807, 2.05) is 13.1 Å². The fourth-order valence-corrected chi connectivity index (χ4v) is 2.19. The van der Waals surface area contributed by atoms with Gasteiger partial charge in [-0.2, -0.15) is 5.10 Å². The van der Waals surface area contributed by atoms with Crippen LogP contribution in [0.2, 0.25) is 5.02 Å². The summed E-state index contributed by atoms with van der Waals surface area (Å²) in [5.74, 6) is -1.33. The molecule has 6 heteroatoms. The minimum absolute atomic E-state index is 0.0568. The van der Waals surface area contributed by atoms with Crippen LogP contribution in [0.5, 0.6) is 0 Å². The largest absolute Gasteiger partial charge is 0.308 e. The van der Waals surface area contributed by atoms with E-state index in [-0.39, 0.29) is 17.1 Å². The summed E-state index contributed by atoms with van der Waals surface area (Å²) < 4.78 is 29.1. The molecule has 0 unspecified atom stereocenters. The molecular formula is C15H16ClF2N3. The lowest BCUT2D eigenvalue weighted by atomic mass is 10.2. The molecule has 3 nitrogen and oxygen atoms in total. The molecule has 0 saturated heterocycles. The van der Waals surface area contributed by atoms with Gasteiger partial charge in [-0.05, 0) is 19.1 Å². The van der Waals surface area contributed by atoms with Gasteiger partial charge in [0.05, 0.1) is 17.3 Å². The Kier molecular flexibility index (Phi) is 5.09. The molecule has 21 heavy (non-hydrogen) atoms. The third-order valence-electron chi connectivity index (χ3n) is 3.12. The van der Waals surface area contributed by atoms with E-state index in [1.165, 1.54) is 6.07 Å². The summed E-state index contributed by atoms with van der Waals surface area (Å²) in [6.07, 6.45) is 3.63. The minimum Gasteiger partial charge on any atom is -0.308 e. The van der Waals surface area contributed by atoms with Crippen molar-refractivity contribution in [3.8, 4) is 0 Å². The molecule has 0 radical (unpaired) electrons. The second kappa shape index (κ2) is 6.83. The summed E-state index contributed by atoms with van der Waals surface area (Å²) in [7, 11) is 0. The van der Waals surface area contributed by atoms with Crippen molar-refractivity contribution in [3.63, 3.8) is 0 Å². The fraction of sp³-hybridized carbons (Fsp3) is 0.267. The fourth-order valence-electron chi connectivity index (χ4n) is 2.01. The summed E-state index contributed by atoms with van der Waals surface area (Å²) in [5.41, 5.74) is 1.79. The SMILES string of the molecule is C=CCn1cc(CNCc2c(F)ccc(Cl)c2F)c(C)n1. The highest BCUT2D eigenvalue weighted by Gasteiger charge is 2.12.